The number of rotatable bonds is 42. The summed E-state index contributed by atoms with van der Waals surface area (Å²) in [5.74, 6) is 0.247. The van der Waals surface area contributed by atoms with Crippen LogP contribution in [0.15, 0.2) is 12.3 Å². The van der Waals surface area contributed by atoms with Crippen LogP contribution >= 0.6 is 0 Å². The number of ether oxygens (including phenoxy) is 1. The van der Waals surface area contributed by atoms with Gasteiger partial charge in [0.2, 0.25) is 0 Å². The lowest BCUT2D eigenvalue weighted by Gasteiger charge is -2.05. The molecule has 0 amide bonds. The Morgan fingerprint density at radius 1 is 0.340 bits per heavy atom. The maximum absolute atomic E-state index is 8.60. The number of unbranched alkanes of at least 4 members (excludes halogenated alkanes) is 39. The molecule has 0 aliphatic rings. The minimum atomic E-state index is 0.247. The van der Waals surface area contributed by atoms with E-state index in [4.69, 9.17) is 10.00 Å². The molecule has 0 rings (SSSR count). The minimum absolute atomic E-state index is 0.247. The summed E-state index contributed by atoms with van der Waals surface area (Å²) < 4.78 is 5.21. The van der Waals surface area contributed by atoms with Crippen molar-refractivity contribution in [3.05, 3.63) is 12.3 Å². The summed E-state index contributed by atoms with van der Waals surface area (Å²) in [5.41, 5.74) is 0. The number of nitrogens with zero attached hydrogens (tertiary/aromatic N) is 1. The third kappa shape index (κ3) is 43.0. The summed E-state index contributed by atoms with van der Waals surface area (Å²) >= 11 is 0. The fourth-order valence-electron chi connectivity index (χ4n) is 7.12. The largest absolute Gasteiger partial charge is 0.484 e. The zero-order valence-electron chi connectivity index (χ0n) is 32.6. The van der Waals surface area contributed by atoms with Crippen LogP contribution in [0.2, 0.25) is 0 Å². The molecule has 0 bridgehead atoms. The van der Waals surface area contributed by atoms with Crippen LogP contribution in [0.4, 0.5) is 0 Å². The van der Waals surface area contributed by atoms with E-state index in [9.17, 15) is 0 Å². The van der Waals surface area contributed by atoms with E-state index >= 15 is 0 Å². The van der Waals surface area contributed by atoms with Crippen LogP contribution in [-0.4, -0.2) is 6.61 Å². The molecule has 0 aromatic heterocycles. The number of hydrogen-bond acceptors (Lipinski definition) is 2. The van der Waals surface area contributed by atoms with E-state index in [-0.39, 0.29) is 5.76 Å². The standard InChI is InChI=1S/C45H87NO/c1-3-4-5-6-7-8-9-10-11-12-13-14-15-16-17-18-19-20-21-22-23-24-25-26-27-28-29-30-31-32-33-34-35-36-37-38-39-40-41-42-43-47-45(2)44-46/h2-43H2,1H3. The van der Waals surface area contributed by atoms with Crippen LogP contribution < -0.4 is 0 Å². The summed E-state index contributed by atoms with van der Waals surface area (Å²) in [6.45, 7) is 6.49. The number of hydrogen-bond donors (Lipinski definition) is 0. The van der Waals surface area contributed by atoms with Crippen LogP contribution in [0.5, 0.6) is 0 Å². The van der Waals surface area contributed by atoms with Crippen molar-refractivity contribution in [2.24, 2.45) is 0 Å². The fraction of sp³-hybridized carbons (Fsp3) is 0.933. The van der Waals surface area contributed by atoms with E-state index in [2.05, 4.69) is 13.5 Å². The van der Waals surface area contributed by atoms with Crippen molar-refractivity contribution in [1.82, 2.24) is 0 Å². The van der Waals surface area contributed by atoms with Gasteiger partial charge in [-0.2, -0.15) is 5.26 Å². The second-order valence-electron chi connectivity index (χ2n) is 15.2. The zero-order valence-corrected chi connectivity index (χ0v) is 32.6. The van der Waals surface area contributed by atoms with Gasteiger partial charge in [0.25, 0.3) is 0 Å². The van der Waals surface area contributed by atoms with Gasteiger partial charge in [-0.05, 0) is 13.0 Å². The molecule has 0 unspecified atom stereocenters. The van der Waals surface area contributed by atoms with Crippen molar-refractivity contribution in [3.8, 4) is 6.07 Å². The Morgan fingerprint density at radius 3 is 0.681 bits per heavy atom. The molecule has 0 radical (unpaired) electrons. The van der Waals surface area contributed by atoms with E-state index in [0.717, 1.165) is 6.42 Å². The van der Waals surface area contributed by atoms with E-state index in [1.165, 1.54) is 250 Å². The molecule has 0 atom stereocenters. The summed E-state index contributed by atoms with van der Waals surface area (Å²) in [5, 5.41) is 8.60. The van der Waals surface area contributed by atoms with Crippen LogP contribution in [0.1, 0.15) is 264 Å². The summed E-state index contributed by atoms with van der Waals surface area (Å²) in [7, 11) is 0. The molecular weight excluding hydrogens is 571 g/mol. The molecule has 0 aliphatic carbocycles. The first-order chi connectivity index (χ1) is 23.3. The van der Waals surface area contributed by atoms with E-state index in [1.54, 1.807) is 0 Å². The molecule has 0 heterocycles. The average Bonchev–Trinajstić information content (AvgIpc) is 3.08. The fourth-order valence-corrected chi connectivity index (χ4v) is 7.12. The Balaban J connectivity index is 3.05. The highest BCUT2D eigenvalue weighted by Crippen LogP contribution is 2.17. The first-order valence-corrected chi connectivity index (χ1v) is 22.0. The lowest BCUT2D eigenvalue weighted by molar-refractivity contribution is 0.220. The van der Waals surface area contributed by atoms with Gasteiger partial charge in [-0.3, -0.25) is 0 Å². The lowest BCUT2D eigenvalue weighted by atomic mass is 10.0. The highest BCUT2D eigenvalue weighted by Gasteiger charge is 1.98. The normalized spacial score (nSPS) is 11.2. The Hall–Kier alpha value is -0.970. The van der Waals surface area contributed by atoms with Crippen molar-refractivity contribution >= 4 is 0 Å². The summed E-state index contributed by atoms with van der Waals surface area (Å²) in [6, 6.07) is 1.93. The Labute approximate surface area is 298 Å². The molecule has 0 aromatic rings. The van der Waals surface area contributed by atoms with Crippen molar-refractivity contribution in [3.63, 3.8) is 0 Å². The third-order valence-electron chi connectivity index (χ3n) is 10.4. The third-order valence-corrected chi connectivity index (χ3v) is 10.4. The molecule has 0 aliphatic heterocycles. The Morgan fingerprint density at radius 2 is 0.511 bits per heavy atom. The molecule has 278 valence electrons. The second kappa shape index (κ2) is 43.1. The Kier molecular flexibility index (Phi) is 42.2. The van der Waals surface area contributed by atoms with Gasteiger partial charge in [0.1, 0.15) is 6.07 Å². The maximum Gasteiger partial charge on any atom is 0.189 e. The van der Waals surface area contributed by atoms with Crippen LogP contribution in [0.25, 0.3) is 0 Å². The number of allylic oxidation sites excluding steroid dienone is 1. The quantitative estimate of drug-likeness (QED) is 0.0372. The highest BCUT2D eigenvalue weighted by atomic mass is 16.5. The topological polar surface area (TPSA) is 33.0 Å². The summed E-state index contributed by atoms with van der Waals surface area (Å²) in [4.78, 5) is 0. The second-order valence-corrected chi connectivity index (χ2v) is 15.2. The smallest absolute Gasteiger partial charge is 0.189 e. The minimum Gasteiger partial charge on any atom is -0.484 e. The van der Waals surface area contributed by atoms with Crippen molar-refractivity contribution < 1.29 is 4.74 Å². The van der Waals surface area contributed by atoms with E-state index < -0.39 is 0 Å². The molecule has 0 spiro atoms. The molecule has 0 aromatic carbocycles. The first kappa shape index (κ1) is 46.0. The van der Waals surface area contributed by atoms with E-state index in [1.807, 2.05) is 6.07 Å². The van der Waals surface area contributed by atoms with Crippen molar-refractivity contribution in [2.45, 2.75) is 264 Å². The lowest BCUT2D eigenvalue weighted by Crippen LogP contribution is -1.92. The van der Waals surface area contributed by atoms with Gasteiger partial charge in [-0.1, -0.05) is 257 Å². The monoisotopic (exact) mass is 658 g/mol. The average molecular weight is 658 g/mol. The Bertz CT molecular complexity index is 622. The van der Waals surface area contributed by atoms with Crippen LogP contribution in [-0.2, 0) is 4.74 Å². The number of nitriles is 1. The SMILES string of the molecule is C=C(C#N)OCCCCCCCCCCCCCCCCCCCCCCCCCCCCCCCCCCCCCCCCCC. The molecule has 2 nitrogen and oxygen atoms in total. The zero-order chi connectivity index (χ0) is 34.0. The molecule has 0 fully saturated rings. The van der Waals surface area contributed by atoms with Crippen LogP contribution in [0.3, 0.4) is 0 Å². The molecule has 0 N–H and O–H groups in total. The summed E-state index contributed by atoms with van der Waals surface area (Å²) in [6.07, 6.45) is 57.7. The van der Waals surface area contributed by atoms with Gasteiger partial charge < -0.3 is 4.74 Å². The van der Waals surface area contributed by atoms with Gasteiger partial charge in [-0.25, -0.2) is 0 Å². The first-order valence-electron chi connectivity index (χ1n) is 22.0. The molecule has 47 heavy (non-hydrogen) atoms. The molecule has 2 heteroatoms. The van der Waals surface area contributed by atoms with Crippen LogP contribution in [0, 0.1) is 11.3 Å². The van der Waals surface area contributed by atoms with Gasteiger partial charge in [0, 0.05) is 0 Å². The predicted octanol–water partition coefficient (Wildman–Crippen LogP) is 16.7. The predicted molar refractivity (Wildman–Crippen MR) is 211 cm³/mol. The maximum atomic E-state index is 8.60. The van der Waals surface area contributed by atoms with Crippen molar-refractivity contribution in [1.29, 1.82) is 5.26 Å². The van der Waals surface area contributed by atoms with Gasteiger partial charge in [-0.15, -0.1) is 0 Å². The van der Waals surface area contributed by atoms with Gasteiger partial charge in [0.15, 0.2) is 5.76 Å². The molecule has 0 saturated heterocycles. The van der Waals surface area contributed by atoms with E-state index in [0.29, 0.717) is 6.61 Å². The molecule has 0 saturated carbocycles. The van der Waals surface area contributed by atoms with Gasteiger partial charge >= 0.3 is 0 Å². The molecular formula is C45H87NO. The van der Waals surface area contributed by atoms with Crippen molar-refractivity contribution in [2.75, 3.05) is 6.61 Å². The van der Waals surface area contributed by atoms with Gasteiger partial charge in [0.05, 0.1) is 6.61 Å². The highest BCUT2D eigenvalue weighted by molar-refractivity contribution is 5.06.